The molecule has 19 heavy (non-hydrogen) atoms. The number of hydrogen-bond donors (Lipinski definition) is 0. The van der Waals surface area contributed by atoms with Gasteiger partial charge in [0.2, 0.25) is 0 Å². The predicted octanol–water partition coefficient (Wildman–Crippen LogP) is 5.05. The summed E-state index contributed by atoms with van der Waals surface area (Å²) in [6.45, 7) is 6.53. The first kappa shape index (κ1) is 16.0. The average Bonchev–Trinajstić information content (AvgIpc) is 2.35. The Balaban J connectivity index is 2.80. The molecule has 1 aromatic carbocycles. The predicted molar refractivity (Wildman–Crippen MR) is 80.0 cm³/mol. The Morgan fingerprint density at radius 3 is 2.58 bits per heavy atom. The van der Waals surface area contributed by atoms with Gasteiger partial charge in [0.05, 0.1) is 11.7 Å². The van der Waals surface area contributed by atoms with E-state index in [0.29, 0.717) is 17.2 Å². The van der Waals surface area contributed by atoms with Crippen molar-refractivity contribution in [1.82, 2.24) is 0 Å². The van der Waals surface area contributed by atoms with Crippen molar-refractivity contribution >= 4 is 16.8 Å². The molecule has 0 N–H and O–H groups in total. The normalized spacial score (nSPS) is 12.5. The first-order chi connectivity index (χ1) is 9.04. The molecule has 0 bridgehead atoms. The summed E-state index contributed by atoms with van der Waals surface area (Å²) in [6, 6.07) is 7.18. The van der Waals surface area contributed by atoms with Gasteiger partial charge in [-0.15, -0.1) is 0 Å². The summed E-state index contributed by atoms with van der Waals surface area (Å²) < 4.78 is 6.01. The number of benzene rings is 1. The van der Waals surface area contributed by atoms with Crippen molar-refractivity contribution in [1.29, 1.82) is 0 Å². The highest BCUT2D eigenvalue weighted by Gasteiger charge is 2.16. The standard InChI is InChI=1S/C16H23ClO2/c1-4-5-8-13(11-12(2)3)19-15-10-7-6-9-14(15)16(17)18/h6-7,9-10,12-13H,4-5,8,11H2,1-3H3. The quantitative estimate of drug-likeness (QED) is 0.624. The molecule has 0 spiro atoms. The van der Waals surface area contributed by atoms with Gasteiger partial charge in [0.1, 0.15) is 5.75 Å². The van der Waals surface area contributed by atoms with E-state index in [-0.39, 0.29) is 6.10 Å². The summed E-state index contributed by atoms with van der Waals surface area (Å²) >= 11 is 5.58. The van der Waals surface area contributed by atoms with Crippen LogP contribution < -0.4 is 4.74 Å². The third-order valence-electron chi connectivity index (χ3n) is 3.01. The summed E-state index contributed by atoms with van der Waals surface area (Å²) in [5.41, 5.74) is 0.453. The molecule has 2 nitrogen and oxygen atoms in total. The molecule has 3 heteroatoms. The van der Waals surface area contributed by atoms with Crippen LogP contribution in [0.3, 0.4) is 0 Å². The van der Waals surface area contributed by atoms with Crippen molar-refractivity contribution in [3.8, 4) is 5.75 Å². The van der Waals surface area contributed by atoms with Crippen LogP contribution in [0.25, 0.3) is 0 Å². The molecule has 0 saturated carbocycles. The molecule has 106 valence electrons. The van der Waals surface area contributed by atoms with Gasteiger partial charge in [-0.3, -0.25) is 4.79 Å². The Labute approximate surface area is 121 Å². The van der Waals surface area contributed by atoms with E-state index in [9.17, 15) is 4.79 Å². The SMILES string of the molecule is CCCCC(CC(C)C)Oc1ccccc1C(=O)Cl. The van der Waals surface area contributed by atoms with Crippen LogP contribution in [-0.2, 0) is 0 Å². The highest BCUT2D eigenvalue weighted by atomic mass is 35.5. The zero-order valence-corrected chi connectivity index (χ0v) is 12.7. The van der Waals surface area contributed by atoms with E-state index in [1.165, 1.54) is 0 Å². The topological polar surface area (TPSA) is 26.3 Å². The van der Waals surface area contributed by atoms with E-state index in [1.807, 2.05) is 12.1 Å². The van der Waals surface area contributed by atoms with Gasteiger partial charge in [0, 0.05) is 0 Å². The fourth-order valence-corrected chi connectivity index (χ4v) is 2.25. The molecule has 0 saturated heterocycles. The molecule has 1 rings (SSSR count). The average molecular weight is 283 g/mol. The molecule has 0 aliphatic rings. The molecule has 1 atom stereocenters. The molecule has 0 aliphatic carbocycles. The minimum Gasteiger partial charge on any atom is -0.490 e. The number of halogens is 1. The van der Waals surface area contributed by atoms with Gasteiger partial charge in [0.25, 0.3) is 5.24 Å². The third kappa shape index (κ3) is 5.65. The smallest absolute Gasteiger partial charge is 0.256 e. The van der Waals surface area contributed by atoms with Crippen LogP contribution in [0.4, 0.5) is 0 Å². The molecule has 0 heterocycles. The highest BCUT2D eigenvalue weighted by Crippen LogP contribution is 2.24. The van der Waals surface area contributed by atoms with Crippen LogP contribution >= 0.6 is 11.6 Å². The van der Waals surface area contributed by atoms with E-state index < -0.39 is 5.24 Å². The molecule has 0 aromatic heterocycles. The van der Waals surface area contributed by atoms with Crippen LogP contribution in [0, 0.1) is 5.92 Å². The minimum atomic E-state index is -0.464. The van der Waals surface area contributed by atoms with Gasteiger partial charge in [-0.2, -0.15) is 0 Å². The zero-order chi connectivity index (χ0) is 14.3. The summed E-state index contributed by atoms with van der Waals surface area (Å²) in [5.74, 6) is 1.17. The second kappa shape index (κ2) is 8.21. The van der Waals surface area contributed by atoms with E-state index in [2.05, 4.69) is 20.8 Å². The number of para-hydroxylation sites is 1. The van der Waals surface area contributed by atoms with Gasteiger partial charge in [-0.25, -0.2) is 0 Å². The third-order valence-corrected chi connectivity index (χ3v) is 3.21. The zero-order valence-electron chi connectivity index (χ0n) is 12.0. The lowest BCUT2D eigenvalue weighted by atomic mass is 10.0. The lowest BCUT2D eigenvalue weighted by Crippen LogP contribution is -2.20. The molecular formula is C16H23ClO2. The van der Waals surface area contributed by atoms with Gasteiger partial charge in [-0.1, -0.05) is 45.7 Å². The Morgan fingerprint density at radius 1 is 1.32 bits per heavy atom. The van der Waals surface area contributed by atoms with Crippen LogP contribution in [0.1, 0.15) is 56.8 Å². The van der Waals surface area contributed by atoms with E-state index in [0.717, 1.165) is 25.7 Å². The van der Waals surface area contributed by atoms with Crippen LogP contribution in [-0.4, -0.2) is 11.3 Å². The molecule has 0 radical (unpaired) electrons. The van der Waals surface area contributed by atoms with Gasteiger partial charge in [0.15, 0.2) is 0 Å². The van der Waals surface area contributed by atoms with Crippen molar-refractivity contribution in [2.45, 2.75) is 52.6 Å². The summed E-state index contributed by atoms with van der Waals surface area (Å²) in [6.07, 6.45) is 4.43. The maximum atomic E-state index is 11.4. The van der Waals surface area contributed by atoms with Crippen molar-refractivity contribution in [3.05, 3.63) is 29.8 Å². The van der Waals surface area contributed by atoms with Crippen LogP contribution in [0.2, 0.25) is 0 Å². The summed E-state index contributed by atoms with van der Waals surface area (Å²) in [5, 5.41) is -0.464. The van der Waals surface area contributed by atoms with E-state index in [1.54, 1.807) is 12.1 Å². The minimum absolute atomic E-state index is 0.150. The largest absolute Gasteiger partial charge is 0.490 e. The van der Waals surface area contributed by atoms with Gasteiger partial charge < -0.3 is 4.74 Å². The number of carbonyl (C=O) groups excluding carboxylic acids is 1. The van der Waals surface area contributed by atoms with Gasteiger partial charge in [-0.05, 0) is 42.5 Å². The maximum absolute atomic E-state index is 11.4. The summed E-state index contributed by atoms with van der Waals surface area (Å²) in [4.78, 5) is 11.4. The molecular weight excluding hydrogens is 260 g/mol. The highest BCUT2D eigenvalue weighted by molar-refractivity contribution is 6.68. The van der Waals surface area contributed by atoms with Crippen molar-refractivity contribution < 1.29 is 9.53 Å². The maximum Gasteiger partial charge on any atom is 0.256 e. The van der Waals surface area contributed by atoms with Crippen molar-refractivity contribution in [2.24, 2.45) is 5.92 Å². The Bertz CT molecular complexity index is 401. The monoisotopic (exact) mass is 282 g/mol. The number of carbonyl (C=O) groups is 1. The van der Waals surface area contributed by atoms with Crippen molar-refractivity contribution in [3.63, 3.8) is 0 Å². The molecule has 1 unspecified atom stereocenters. The lowest BCUT2D eigenvalue weighted by Gasteiger charge is -2.21. The van der Waals surface area contributed by atoms with E-state index in [4.69, 9.17) is 16.3 Å². The van der Waals surface area contributed by atoms with Crippen LogP contribution in [0.15, 0.2) is 24.3 Å². The first-order valence-corrected chi connectivity index (χ1v) is 7.37. The summed E-state index contributed by atoms with van der Waals surface area (Å²) in [7, 11) is 0. The number of rotatable bonds is 8. The molecule has 0 aliphatic heterocycles. The van der Waals surface area contributed by atoms with Gasteiger partial charge >= 0.3 is 0 Å². The molecule has 1 aromatic rings. The Hall–Kier alpha value is -1.02. The first-order valence-electron chi connectivity index (χ1n) is 7.00. The fourth-order valence-electron chi connectivity index (χ4n) is 2.09. The van der Waals surface area contributed by atoms with Crippen LogP contribution in [0.5, 0.6) is 5.75 Å². The van der Waals surface area contributed by atoms with Crippen molar-refractivity contribution in [2.75, 3.05) is 0 Å². The Kier molecular flexibility index (Phi) is 6.93. The number of unbranched alkanes of at least 4 members (excludes halogenated alkanes) is 1. The number of hydrogen-bond acceptors (Lipinski definition) is 2. The van der Waals surface area contributed by atoms with E-state index >= 15 is 0 Å². The molecule has 0 fully saturated rings. The lowest BCUT2D eigenvalue weighted by molar-refractivity contribution is 0.107. The number of ether oxygens (including phenoxy) is 1. The second-order valence-corrected chi connectivity index (χ2v) is 5.62. The second-order valence-electron chi connectivity index (χ2n) is 5.28. The Morgan fingerprint density at radius 2 is 2.00 bits per heavy atom. The molecule has 0 amide bonds. The fraction of sp³-hybridized carbons (Fsp3) is 0.562.